The summed E-state index contributed by atoms with van der Waals surface area (Å²) >= 11 is 3.16. The number of rotatable bonds is 2. The van der Waals surface area contributed by atoms with Gasteiger partial charge in [-0.05, 0) is 55.8 Å². The molecule has 1 rings (SSSR count). The zero-order valence-electron chi connectivity index (χ0n) is 10.1. The number of halogens is 2. The molecule has 3 nitrogen and oxygen atoms in total. The predicted octanol–water partition coefficient (Wildman–Crippen LogP) is 3.25. The molecule has 0 radical (unpaired) electrons. The second-order valence-corrected chi connectivity index (χ2v) is 7.22. The van der Waals surface area contributed by atoms with E-state index in [2.05, 4.69) is 25.3 Å². The first-order valence-electron chi connectivity index (χ1n) is 5.01. The third kappa shape index (κ3) is 3.96. The molecule has 0 N–H and O–H groups in total. The van der Waals surface area contributed by atoms with Gasteiger partial charge >= 0.3 is 0 Å². The monoisotopic (exact) mass is 320 g/mol. The first kappa shape index (κ1) is 14.4. The lowest BCUT2D eigenvalue weighted by Gasteiger charge is -2.14. The normalized spacial score (nSPS) is 14.8. The van der Waals surface area contributed by atoms with Gasteiger partial charge in [-0.15, -0.1) is 0 Å². The Morgan fingerprint density at radius 3 is 2.59 bits per heavy atom. The first-order valence-corrected chi connectivity index (χ1v) is 6.91. The Hall–Kier alpha value is -0.620. The highest BCUT2D eigenvalue weighted by molar-refractivity contribution is 9.10. The second-order valence-electron chi connectivity index (χ2n) is 4.50. The van der Waals surface area contributed by atoms with Crippen LogP contribution in [0.4, 0.5) is 4.39 Å². The molecule has 94 valence electrons. The average Bonchev–Trinajstić information content (AvgIpc) is 2.20. The summed E-state index contributed by atoms with van der Waals surface area (Å²) in [5, 5.41) is 0. The second kappa shape index (κ2) is 5.35. The van der Waals surface area contributed by atoms with E-state index in [1.807, 2.05) is 20.8 Å². The van der Waals surface area contributed by atoms with Crippen LogP contribution >= 0.6 is 15.9 Å². The maximum Gasteiger partial charge on any atom is 0.150 e. The lowest BCUT2D eigenvalue weighted by molar-refractivity contribution is 0.617. The minimum atomic E-state index is -1.42. The molecule has 0 amide bonds. The topological polar surface area (TPSA) is 42.3 Å². The van der Waals surface area contributed by atoms with E-state index in [9.17, 15) is 8.60 Å². The minimum absolute atomic E-state index is 0.122. The van der Waals surface area contributed by atoms with Crippen LogP contribution in [0.15, 0.2) is 21.1 Å². The van der Waals surface area contributed by atoms with E-state index < -0.39 is 21.5 Å². The molecule has 0 bridgehead atoms. The fraction of sp³-hybridized carbons (Fsp3) is 0.455. The first-order chi connectivity index (χ1) is 7.71. The molecule has 0 saturated carbocycles. The van der Waals surface area contributed by atoms with Crippen molar-refractivity contribution in [1.29, 1.82) is 0 Å². The molecular weight excluding hydrogens is 307 g/mol. The van der Waals surface area contributed by atoms with Crippen LogP contribution in [-0.2, 0) is 11.0 Å². The van der Waals surface area contributed by atoms with Gasteiger partial charge in [0.05, 0.1) is 10.5 Å². The van der Waals surface area contributed by atoms with Crippen molar-refractivity contribution in [1.82, 2.24) is 4.98 Å². The van der Waals surface area contributed by atoms with Gasteiger partial charge in [-0.25, -0.2) is 13.6 Å². The molecule has 1 aromatic heterocycles. The Morgan fingerprint density at radius 2 is 2.06 bits per heavy atom. The molecular formula is C11H14BrFN2OS. The summed E-state index contributed by atoms with van der Waals surface area (Å²) in [5.41, 5.74) is 0.453. The van der Waals surface area contributed by atoms with Gasteiger partial charge in [-0.2, -0.15) is 4.40 Å². The molecule has 0 aliphatic rings. The van der Waals surface area contributed by atoms with E-state index in [0.717, 1.165) is 0 Å². The van der Waals surface area contributed by atoms with Crippen LogP contribution in [-0.4, -0.2) is 19.7 Å². The summed E-state index contributed by atoms with van der Waals surface area (Å²) in [6.45, 7) is 7.03. The Labute approximate surface area is 111 Å². The standard InChI is InChI=1S/C11H14BrFN2OS/c1-7(15-17(16)11(2,3)4)10-8(13)5-6-9(12)14-10/h5-6H,1-4H3/b15-7+/t17-/m1/s1. The van der Waals surface area contributed by atoms with Gasteiger partial charge in [-0.3, -0.25) is 0 Å². The van der Waals surface area contributed by atoms with Gasteiger partial charge in [0.1, 0.15) is 21.3 Å². The van der Waals surface area contributed by atoms with Crippen molar-refractivity contribution >= 4 is 32.6 Å². The zero-order valence-corrected chi connectivity index (χ0v) is 12.5. The van der Waals surface area contributed by atoms with Crippen LogP contribution in [0.3, 0.4) is 0 Å². The molecule has 0 aliphatic heterocycles. The Kier molecular flexibility index (Phi) is 4.55. The van der Waals surface area contributed by atoms with Gasteiger partial charge < -0.3 is 0 Å². The number of aromatic nitrogens is 1. The van der Waals surface area contributed by atoms with Crippen molar-refractivity contribution in [3.05, 3.63) is 28.2 Å². The van der Waals surface area contributed by atoms with E-state index in [0.29, 0.717) is 10.3 Å². The highest BCUT2D eigenvalue weighted by Gasteiger charge is 2.20. The molecule has 0 aromatic carbocycles. The highest BCUT2D eigenvalue weighted by Crippen LogP contribution is 2.16. The summed E-state index contributed by atoms with van der Waals surface area (Å²) in [6.07, 6.45) is 0. The molecule has 1 atom stereocenters. The fourth-order valence-corrected chi connectivity index (χ4v) is 1.90. The number of pyridine rings is 1. The van der Waals surface area contributed by atoms with Gasteiger partial charge in [0.15, 0.2) is 5.82 Å². The molecule has 0 saturated heterocycles. The van der Waals surface area contributed by atoms with Crippen molar-refractivity contribution in [2.75, 3.05) is 0 Å². The van der Waals surface area contributed by atoms with Crippen molar-refractivity contribution in [2.24, 2.45) is 4.40 Å². The van der Waals surface area contributed by atoms with E-state index in [1.165, 1.54) is 12.1 Å². The Balaban J connectivity index is 3.12. The van der Waals surface area contributed by atoms with Gasteiger partial charge in [-0.1, -0.05) is 0 Å². The van der Waals surface area contributed by atoms with Crippen molar-refractivity contribution in [2.45, 2.75) is 32.4 Å². The smallest absolute Gasteiger partial charge is 0.150 e. The highest BCUT2D eigenvalue weighted by atomic mass is 79.9. The minimum Gasteiger partial charge on any atom is -0.236 e. The third-order valence-corrected chi connectivity index (χ3v) is 3.83. The summed E-state index contributed by atoms with van der Waals surface area (Å²) in [6, 6.07) is 2.80. The van der Waals surface area contributed by atoms with Crippen LogP contribution in [0.5, 0.6) is 0 Å². The van der Waals surface area contributed by atoms with E-state index >= 15 is 0 Å². The third-order valence-electron chi connectivity index (χ3n) is 1.90. The van der Waals surface area contributed by atoms with Crippen molar-refractivity contribution in [3.63, 3.8) is 0 Å². The van der Waals surface area contributed by atoms with Gasteiger partial charge in [0.25, 0.3) is 0 Å². The average molecular weight is 321 g/mol. The van der Waals surface area contributed by atoms with Gasteiger partial charge in [0, 0.05) is 0 Å². The molecule has 0 fully saturated rings. The SMILES string of the molecule is C/C(=N\[S@](=O)C(C)(C)C)c1nc(Br)ccc1F. The number of nitrogens with zero attached hydrogens (tertiary/aromatic N) is 2. The number of hydrogen-bond donors (Lipinski definition) is 0. The lowest BCUT2D eigenvalue weighted by Crippen LogP contribution is -2.21. The molecule has 17 heavy (non-hydrogen) atoms. The summed E-state index contributed by atoms with van der Waals surface area (Å²) in [4.78, 5) is 3.98. The molecule has 1 aromatic rings. The van der Waals surface area contributed by atoms with E-state index in [-0.39, 0.29) is 5.69 Å². The lowest BCUT2D eigenvalue weighted by atomic mass is 10.2. The fourth-order valence-electron chi connectivity index (χ4n) is 0.977. The van der Waals surface area contributed by atoms with E-state index in [4.69, 9.17) is 0 Å². The molecule has 0 spiro atoms. The summed E-state index contributed by atoms with van der Waals surface area (Å²) < 4.78 is 29.3. The Bertz CT molecular complexity index is 483. The van der Waals surface area contributed by atoms with Crippen LogP contribution in [0.1, 0.15) is 33.4 Å². The van der Waals surface area contributed by atoms with E-state index in [1.54, 1.807) is 6.92 Å². The Morgan fingerprint density at radius 1 is 1.47 bits per heavy atom. The summed E-state index contributed by atoms with van der Waals surface area (Å²) in [7, 11) is -1.42. The molecule has 0 aliphatic carbocycles. The van der Waals surface area contributed by atoms with Crippen LogP contribution < -0.4 is 0 Å². The molecule has 1 heterocycles. The van der Waals surface area contributed by atoms with Crippen LogP contribution in [0.25, 0.3) is 0 Å². The van der Waals surface area contributed by atoms with Crippen LogP contribution in [0.2, 0.25) is 0 Å². The van der Waals surface area contributed by atoms with Crippen LogP contribution in [0, 0.1) is 5.82 Å². The quantitative estimate of drug-likeness (QED) is 0.620. The van der Waals surface area contributed by atoms with Gasteiger partial charge in [0.2, 0.25) is 0 Å². The maximum atomic E-state index is 13.5. The largest absolute Gasteiger partial charge is 0.236 e. The van der Waals surface area contributed by atoms with Crippen molar-refractivity contribution < 1.29 is 8.60 Å². The molecule has 0 unspecified atom stereocenters. The maximum absolute atomic E-state index is 13.5. The van der Waals surface area contributed by atoms with Crippen molar-refractivity contribution in [3.8, 4) is 0 Å². The molecule has 6 heteroatoms. The zero-order chi connectivity index (χ0) is 13.2. The number of hydrogen-bond acceptors (Lipinski definition) is 2. The predicted molar refractivity (Wildman–Crippen MR) is 72.0 cm³/mol. The summed E-state index contributed by atoms with van der Waals surface area (Å²) in [5.74, 6) is -0.472.